The summed E-state index contributed by atoms with van der Waals surface area (Å²) in [6.07, 6.45) is 3.45. The van der Waals surface area contributed by atoms with Gasteiger partial charge in [-0.3, -0.25) is 0 Å². The number of halogens is 3. The quantitative estimate of drug-likeness (QED) is 0.842. The summed E-state index contributed by atoms with van der Waals surface area (Å²) in [5, 5.41) is 3.73. The van der Waals surface area contributed by atoms with Gasteiger partial charge in [-0.05, 0) is 18.2 Å². The number of piperazine rings is 1. The minimum atomic E-state index is -3.75. The van der Waals surface area contributed by atoms with Crippen molar-refractivity contribution >= 4 is 45.6 Å². The summed E-state index contributed by atoms with van der Waals surface area (Å²) in [5.74, 6) is 0.686. The zero-order valence-corrected chi connectivity index (χ0v) is 16.0. The molecule has 0 aliphatic carbocycles. The SMILES string of the molecule is Cl.Cn1ccnc1C1CNCCN1S(=O)(=O)c1ccc(Cl)cc1Cl. The van der Waals surface area contributed by atoms with Crippen LogP contribution >= 0.6 is 35.6 Å². The van der Waals surface area contributed by atoms with Crippen LogP contribution in [0.25, 0.3) is 0 Å². The van der Waals surface area contributed by atoms with Crippen LogP contribution in [0.1, 0.15) is 11.9 Å². The first-order valence-corrected chi connectivity index (χ1v) is 9.25. The number of aryl methyl sites for hydroxylation is 1. The fourth-order valence-corrected chi connectivity index (χ4v) is 5.04. The Morgan fingerprint density at radius 3 is 2.71 bits per heavy atom. The molecule has 2 heterocycles. The second kappa shape index (κ2) is 7.59. The lowest BCUT2D eigenvalue weighted by molar-refractivity contribution is 0.258. The lowest BCUT2D eigenvalue weighted by atomic mass is 10.2. The molecule has 0 amide bonds. The Labute approximate surface area is 157 Å². The van der Waals surface area contributed by atoms with Crippen molar-refractivity contribution in [3.05, 3.63) is 46.5 Å². The number of aromatic nitrogens is 2. The molecule has 132 valence electrons. The Hall–Kier alpha value is -0.830. The molecule has 3 rings (SSSR count). The van der Waals surface area contributed by atoms with Gasteiger partial charge in [-0.15, -0.1) is 12.4 Å². The Morgan fingerprint density at radius 2 is 2.08 bits per heavy atom. The van der Waals surface area contributed by atoms with Gasteiger partial charge < -0.3 is 9.88 Å². The third-order valence-electron chi connectivity index (χ3n) is 3.83. The van der Waals surface area contributed by atoms with Crippen LogP contribution in [0.15, 0.2) is 35.5 Å². The van der Waals surface area contributed by atoms with Crippen molar-refractivity contribution < 1.29 is 8.42 Å². The van der Waals surface area contributed by atoms with E-state index in [0.717, 1.165) is 0 Å². The summed E-state index contributed by atoms with van der Waals surface area (Å²) in [6.45, 7) is 1.42. The molecular weight excluding hydrogens is 395 g/mol. The first kappa shape index (κ1) is 19.5. The van der Waals surface area contributed by atoms with Crippen molar-refractivity contribution in [3.8, 4) is 0 Å². The zero-order chi connectivity index (χ0) is 16.6. The Balaban J connectivity index is 0.00000208. The summed E-state index contributed by atoms with van der Waals surface area (Å²) in [7, 11) is -1.91. The minimum absolute atomic E-state index is 0. The maximum absolute atomic E-state index is 13.1. The molecule has 24 heavy (non-hydrogen) atoms. The van der Waals surface area contributed by atoms with Gasteiger partial charge >= 0.3 is 0 Å². The maximum Gasteiger partial charge on any atom is 0.245 e. The third kappa shape index (κ3) is 3.56. The summed E-state index contributed by atoms with van der Waals surface area (Å²) in [6, 6.07) is 4.02. The second-order valence-corrected chi connectivity index (χ2v) is 8.01. The molecule has 6 nitrogen and oxygen atoms in total. The molecular formula is C14H17Cl3N4O2S. The molecule has 0 radical (unpaired) electrons. The normalized spacial score (nSPS) is 19.0. The van der Waals surface area contributed by atoms with Crippen molar-refractivity contribution in [1.82, 2.24) is 19.2 Å². The highest BCUT2D eigenvalue weighted by molar-refractivity contribution is 7.89. The number of nitrogens with zero attached hydrogens (tertiary/aromatic N) is 3. The summed E-state index contributed by atoms with van der Waals surface area (Å²) < 4.78 is 29.4. The van der Waals surface area contributed by atoms with Crippen LogP contribution in [0.4, 0.5) is 0 Å². The van der Waals surface area contributed by atoms with Gasteiger partial charge in [0, 0.05) is 44.1 Å². The van der Waals surface area contributed by atoms with Gasteiger partial charge in [-0.2, -0.15) is 4.31 Å². The Bertz CT molecular complexity index is 825. The van der Waals surface area contributed by atoms with Crippen LogP contribution in [-0.4, -0.2) is 41.9 Å². The summed E-state index contributed by atoms with van der Waals surface area (Å²) in [4.78, 5) is 4.36. The van der Waals surface area contributed by atoms with E-state index in [2.05, 4.69) is 10.3 Å². The van der Waals surface area contributed by atoms with Crippen molar-refractivity contribution in [1.29, 1.82) is 0 Å². The van der Waals surface area contributed by atoms with Crippen LogP contribution in [0, 0.1) is 0 Å². The van der Waals surface area contributed by atoms with Crippen LogP contribution in [0.3, 0.4) is 0 Å². The average Bonchev–Trinajstić information content (AvgIpc) is 2.93. The first-order valence-electron chi connectivity index (χ1n) is 7.06. The van der Waals surface area contributed by atoms with Gasteiger partial charge in [0.2, 0.25) is 10.0 Å². The van der Waals surface area contributed by atoms with E-state index in [1.165, 1.54) is 22.5 Å². The van der Waals surface area contributed by atoms with Gasteiger partial charge in [0.25, 0.3) is 0 Å². The number of benzene rings is 1. The molecule has 1 saturated heterocycles. The number of hydrogen-bond acceptors (Lipinski definition) is 4. The molecule has 0 bridgehead atoms. The lowest BCUT2D eigenvalue weighted by Gasteiger charge is -2.34. The Morgan fingerprint density at radius 1 is 1.33 bits per heavy atom. The van der Waals surface area contributed by atoms with Crippen molar-refractivity contribution in [2.75, 3.05) is 19.6 Å². The summed E-state index contributed by atoms with van der Waals surface area (Å²) in [5.41, 5.74) is 0. The highest BCUT2D eigenvalue weighted by atomic mass is 35.5. The molecule has 1 aliphatic rings. The van der Waals surface area contributed by atoms with Crippen molar-refractivity contribution in [2.24, 2.45) is 7.05 Å². The number of sulfonamides is 1. The van der Waals surface area contributed by atoms with Crippen LogP contribution in [0.5, 0.6) is 0 Å². The van der Waals surface area contributed by atoms with Gasteiger partial charge in [-0.25, -0.2) is 13.4 Å². The van der Waals surface area contributed by atoms with E-state index >= 15 is 0 Å². The van der Waals surface area contributed by atoms with Crippen LogP contribution in [-0.2, 0) is 17.1 Å². The minimum Gasteiger partial charge on any atom is -0.337 e. The van der Waals surface area contributed by atoms with E-state index in [4.69, 9.17) is 23.2 Å². The molecule has 10 heteroatoms. The van der Waals surface area contributed by atoms with E-state index in [0.29, 0.717) is 30.5 Å². The number of nitrogens with one attached hydrogen (secondary N) is 1. The first-order chi connectivity index (χ1) is 10.9. The molecule has 0 spiro atoms. The van der Waals surface area contributed by atoms with Gasteiger partial charge in [-0.1, -0.05) is 23.2 Å². The second-order valence-electron chi connectivity index (χ2n) is 5.31. The monoisotopic (exact) mass is 410 g/mol. The molecule has 1 aliphatic heterocycles. The highest BCUT2D eigenvalue weighted by Crippen LogP contribution is 2.32. The number of hydrogen-bond donors (Lipinski definition) is 1. The Kier molecular flexibility index (Phi) is 6.17. The fourth-order valence-electron chi connectivity index (χ4n) is 2.70. The van der Waals surface area contributed by atoms with Gasteiger partial charge in [0.15, 0.2) is 0 Å². The van der Waals surface area contributed by atoms with E-state index in [-0.39, 0.29) is 28.4 Å². The molecule has 1 atom stereocenters. The van der Waals surface area contributed by atoms with E-state index < -0.39 is 10.0 Å². The summed E-state index contributed by atoms with van der Waals surface area (Å²) >= 11 is 12.0. The molecule has 1 aromatic heterocycles. The third-order valence-corrected chi connectivity index (χ3v) is 6.46. The highest BCUT2D eigenvalue weighted by Gasteiger charge is 2.37. The van der Waals surface area contributed by atoms with E-state index in [9.17, 15) is 8.42 Å². The molecule has 2 aromatic rings. The van der Waals surface area contributed by atoms with Crippen molar-refractivity contribution in [2.45, 2.75) is 10.9 Å². The zero-order valence-electron chi connectivity index (χ0n) is 12.8. The maximum atomic E-state index is 13.1. The molecule has 0 saturated carbocycles. The largest absolute Gasteiger partial charge is 0.337 e. The van der Waals surface area contributed by atoms with Crippen LogP contribution < -0.4 is 5.32 Å². The van der Waals surface area contributed by atoms with Gasteiger partial charge in [0.05, 0.1) is 11.1 Å². The van der Waals surface area contributed by atoms with Crippen LogP contribution in [0.2, 0.25) is 10.0 Å². The topological polar surface area (TPSA) is 67.2 Å². The van der Waals surface area contributed by atoms with E-state index in [1.807, 2.05) is 11.6 Å². The van der Waals surface area contributed by atoms with Gasteiger partial charge in [0.1, 0.15) is 10.7 Å². The number of rotatable bonds is 3. The predicted octanol–water partition coefficient (Wildman–Crippen LogP) is 2.48. The molecule has 1 N–H and O–H groups in total. The fraction of sp³-hybridized carbons (Fsp3) is 0.357. The lowest BCUT2D eigenvalue weighted by Crippen LogP contribution is -2.49. The standard InChI is InChI=1S/C14H16Cl2N4O2S.ClH/c1-19-6-5-18-14(19)12-9-17-4-7-20(12)23(21,22)13-3-2-10(15)8-11(13)16;/h2-3,5-6,8,12,17H,4,7,9H2,1H3;1H. The average molecular weight is 412 g/mol. The predicted molar refractivity (Wildman–Crippen MR) is 96.4 cm³/mol. The molecule has 1 aromatic carbocycles. The molecule has 1 fully saturated rings. The van der Waals surface area contributed by atoms with E-state index in [1.54, 1.807) is 12.4 Å². The smallest absolute Gasteiger partial charge is 0.245 e. The number of imidazole rings is 1. The molecule has 1 unspecified atom stereocenters. The van der Waals surface area contributed by atoms with Crippen molar-refractivity contribution in [3.63, 3.8) is 0 Å².